The molecule has 4 aromatic heterocycles. The molecule has 0 aliphatic carbocycles. The minimum absolute atomic E-state index is 0.538. The first kappa shape index (κ1) is 98.0. The number of fused-ring (bicyclic) bond motifs is 8. The molecule has 1 aliphatic rings. The van der Waals surface area contributed by atoms with Crippen LogP contribution in [0.2, 0.25) is 0 Å². The lowest BCUT2D eigenvalue weighted by molar-refractivity contribution is 0.134. The highest BCUT2D eigenvalue weighted by molar-refractivity contribution is 5.87. The van der Waals surface area contributed by atoms with Crippen LogP contribution >= 0.6 is 0 Å². The van der Waals surface area contributed by atoms with Crippen molar-refractivity contribution in [3.8, 4) is 57.5 Å². The number of unbranched alkanes of at least 4 members (excludes halogenated alkanes) is 30. The third-order valence-corrected chi connectivity index (χ3v) is 23.2. The molecule has 0 spiro atoms. The fraction of sp³-hybridized carbons (Fsp3) is 0.574. The van der Waals surface area contributed by atoms with E-state index in [0.29, 0.717) is 118 Å². The highest BCUT2D eigenvalue weighted by atomic mass is 16.6. The smallest absolute Gasteiger partial charge is 0.203 e. The van der Waals surface area contributed by atoms with Gasteiger partial charge in [0.15, 0.2) is 34.5 Å². The standard InChI is InChI=1S/C108H158N4O11/c1-11-21-31-43-68-115-96-77-84(78-97(116-69-44-32-22-12-2)106(96)121-74-49-37-27-17-7)103-90-59-57-88(109-90)102(83-53-55-87(56-54-83)114-67-52-41-40-42-66-113-65-30-20-10)89-58-60-91(110-89)104(85-79-98(117-70-45-33-23-13-3)107(122-75-50-38-28-18-8)99(80-85)118-71-46-34-24-14-4)93-62-64-95(112-93)105(94-63-61-92(103)111-94)86-81-100(119-72-47-35-25-15-5)108(123-76-51-39-29-19-9)101(82-86)120-73-48-36-26-16-6/h20,53-64,77-82,109-112H,10-19,21-52,65-76H2,1-9H3. The number of rotatable bonds is 69. The van der Waals surface area contributed by atoms with Crippen LogP contribution in [0.1, 0.15) is 371 Å². The molecule has 0 saturated carbocycles. The fourth-order valence-electron chi connectivity index (χ4n) is 16.0. The number of aromatic nitrogens is 4. The predicted octanol–water partition coefficient (Wildman–Crippen LogP) is 26.5. The minimum atomic E-state index is 0.538. The molecule has 0 unspecified atom stereocenters. The summed E-state index contributed by atoms with van der Waals surface area (Å²) in [6.07, 6.45) is 45.4. The first-order valence-corrected chi connectivity index (χ1v) is 49.1. The van der Waals surface area contributed by atoms with E-state index in [-0.39, 0.29) is 0 Å². The zero-order chi connectivity index (χ0) is 86.5. The van der Waals surface area contributed by atoms with E-state index >= 15 is 0 Å². The van der Waals surface area contributed by atoms with E-state index in [0.717, 1.165) is 371 Å². The van der Waals surface area contributed by atoms with Crippen LogP contribution in [0.5, 0.6) is 57.5 Å². The van der Waals surface area contributed by atoms with Gasteiger partial charge in [0, 0.05) is 79.7 Å². The molecule has 15 heteroatoms. The van der Waals surface area contributed by atoms with Crippen LogP contribution < -0.4 is 68.8 Å². The van der Waals surface area contributed by atoms with Gasteiger partial charge in [-0.3, -0.25) is 0 Å². The molecule has 1 aliphatic heterocycles. The summed E-state index contributed by atoms with van der Waals surface area (Å²) in [5.74, 6) is 6.86. The van der Waals surface area contributed by atoms with Crippen molar-refractivity contribution < 1.29 is 52.1 Å². The molecule has 5 heterocycles. The lowest BCUT2D eigenvalue weighted by Gasteiger charge is -2.20. The summed E-state index contributed by atoms with van der Waals surface area (Å²) < 4.78 is 75.9. The molecule has 0 amide bonds. The maximum atomic E-state index is 7.11. The van der Waals surface area contributed by atoms with Gasteiger partial charge in [0.05, 0.1) is 66.1 Å². The third-order valence-electron chi connectivity index (χ3n) is 23.2. The number of H-pyrrole nitrogens is 4. The van der Waals surface area contributed by atoms with Crippen molar-refractivity contribution in [3.63, 3.8) is 0 Å². The summed E-state index contributed by atoms with van der Waals surface area (Å²) in [4.78, 5) is 16.7. The van der Waals surface area contributed by atoms with Gasteiger partial charge in [-0.15, -0.1) is 6.58 Å². The minimum Gasteiger partial charge on any atom is -0.494 e. The molecule has 4 N–H and O–H groups in total. The van der Waals surface area contributed by atoms with Crippen molar-refractivity contribution in [1.82, 2.24) is 19.9 Å². The zero-order valence-corrected chi connectivity index (χ0v) is 77.6. The molecule has 4 aromatic carbocycles. The van der Waals surface area contributed by atoms with E-state index in [2.05, 4.69) is 198 Å². The van der Waals surface area contributed by atoms with E-state index in [9.17, 15) is 0 Å². The Hall–Kier alpha value is -8.82. The summed E-state index contributed by atoms with van der Waals surface area (Å²) in [6.45, 7) is 31.2. The lowest BCUT2D eigenvalue weighted by Crippen LogP contribution is -2.19. The van der Waals surface area contributed by atoms with Gasteiger partial charge in [-0.25, -0.2) is 0 Å². The normalized spacial score (nSPS) is 12.0. The summed E-state index contributed by atoms with van der Waals surface area (Å²) in [7, 11) is 0. The summed E-state index contributed by atoms with van der Waals surface area (Å²) >= 11 is 0. The van der Waals surface area contributed by atoms with Gasteiger partial charge in [0.2, 0.25) is 17.2 Å². The van der Waals surface area contributed by atoms with Crippen molar-refractivity contribution >= 4 is 22.3 Å². The van der Waals surface area contributed by atoms with Crippen LogP contribution in [0.15, 0.2) is 122 Å². The van der Waals surface area contributed by atoms with Crippen LogP contribution in [0.25, 0.3) is 22.3 Å². The second-order valence-electron chi connectivity index (χ2n) is 33.7. The van der Waals surface area contributed by atoms with E-state index in [4.69, 9.17) is 52.1 Å². The van der Waals surface area contributed by atoms with Crippen molar-refractivity contribution in [3.05, 3.63) is 188 Å². The summed E-state index contributed by atoms with van der Waals surface area (Å²) in [6, 6.07) is 39.8. The number of nitrogens with one attached hydrogen (secondary N) is 4. The molecule has 0 fully saturated rings. The quantitative estimate of drug-likeness (QED) is 0.0212. The molecule has 123 heavy (non-hydrogen) atoms. The Balaban J connectivity index is 1.39. The summed E-state index contributed by atoms with van der Waals surface area (Å²) in [5.41, 5.74) is 11.0. The monoisotopic (exact) mass is 1690 g/mol. The molecule has 0 saturated heterocycles. The Morgan fingerprint density at radius 3 is 0.699 bits per heavy atom. The molecule has 8 aromatic rings. The van der Waals surface area contributed by atoms with Crippen molar-refractivity contribution in [2.75, 3.05) is 79.3 Å². The Morgan fingerprint density at radius 2 is 0.447 bits per heavy atom. The predicted molar refractivity (Wildman–Crippen MR) is 510 cm³/mol. The third kappa shape index (κ3) is 32.3. The first-order chi connectivity index (χ1) is 60.7. The molecular weight excluding hydrogens is 1530 g/mol. The maximum Gasteiger partial charge on any atom is 0.203 e. The molecule has 0 atom stereocenters. The zero-order valence-electron chi connectivity index (χ0n) is 77.6. The van der Waals surface area contributed by atoms with Gasteiger partial charge in [-0.1, -0.05) is 260 Å². The van der Waals surface area contributed by atoms with Gasteiger partial charge >= 0.3 is 0 Å². The number of ether oxygens (including phenoxy) is 11. The van der Waals surface area contributed by atoms with Gasteiger partial charge in [-0.05, 0) is 203 Å². The molecule has 0 radical (unpaired) electrons. The van der Waals surface area contributed by atoms with Crippen molar-refractivity contribution in [2.24, 2.45) is 0 Å². The molecule has 8 bridgehead atoms. The lowest BCUT2D eigenvalue weighted by atomic mass is 10.0. The molecule has 9 rings (SSSR count). The fourth-order valence-corrected chi connectivity index (χ4v) is 16.0. The summed E-state index contributed by atoms with van der Waals surface area (Å²) in [5, 5.41) is 3.55. The highest BCUT2D eigenvalue weighted by Crippen LogP contribution is 2.46. The molecular formula is C108H158N4O11. The SMILES string of the molecule is C=CCCOCCCCCCOc1ccc(C2=c3ccc([nH]3)=C(c3cc(OCCCCCC)c(OCCCCCC)c(OCCCCCC)c3)c3ccc([nH]3)C(c3cc(OCCCCCC)c(OCCCCCC)c(OCCCCCC)c3)=c3ccc([nH]3)=C(c3cc(OCCCCCC)c(OCCCCCC)c(OCCCCCC)c3)c3ccc2[nH]3)cc1. The van der Waals surface area contributed by atoms with E-state index < -0.39 is 0 Å². The van der Waals surface area contributed by atoms with Gasteiger partial charge in [-0.2, -0.15) is 0 Å². The maximum absolute atomic E-state index is 7.11. The number of aromatic amines is 4. The average Bonchev–Trinajstić information content (AvgIpc) is 1.65. The Morgan fingerprint density at radius 1 is 0.220 bits per heavy atom. The largest absolute Gasteiger partial charge is 0.494 e. The first-order valence-electron chi connectivity index (χ1n) is 49.1. The van der Waals surface area contributed by atoms with Gasteiger partial charge in [0.25, 0.3) is 0 Å². The second kappa shape index (κ2) is 58.4. The Labute approximate surface area is 740 Å². The number of benzene rings is 4. The topological polar surface area (TPSA) is 165 Å². The van der Waals surface area contributed by atoms with Crippen molar-refractivity contribution in [1.29, 1.82) is 0 Å². The van der Waals surface area contributed by atoms with E-state index in [1.807, 2.05) is 6.08 Å². The van der Waals surface area contributed by atoms with Crippen molar-refractivity contribution in [2.45, 2.75) is 326 Å². The van der Waals surface area contributed by atoms with Gasteiger partial charge < -0.3 is 72.0 Å². The van der Waals surface area contributed by atoms with Gasteiger partial charge in [0.1, 0.15) is 5.75 Å². The highest BCUT2D eigenvalue weighted by Gasteiger charge is 2.27. The Bertz CT molecular complexity index is 4410. The number of hydrogen-bond acceptors (Lipinski definition) is 11. The molecule has 676 valence electrons. The van der Waals surface area contributed by atoms with E-state index in [1.165, 1.54) is 0 Å². The van der Waals surface area contributed by atoms with Crippen LogP contribution in [0.4, 0.5) is 0 Å². The average molecular weight is 1690 g/mol. The van der Waals surface area contributed by atoms with E-state index in [1.54, 1.807) is 0 Å². The molecule has 15 nitrogen and oxygen atoms in total. The Kier molecular flexibility index (Phi) is 46.5. The second-order valence-corrected chi connectivity index (χ2v) is 33.7. The van der Waals surface area contributed by atoms with Crippen LogP contribution in [0, 0.1) is 0 Å². The van der Waals surface area contributed by atoms with Crippen LogP contribution in [-0.2, 0) is 4.74 Å². The number of hydrogen-bond donors (Lipinski definition) is 4. The van der Waals surface area contributed by atoms with Crippen LogP contribution in [0.3, 0.4) is 0 Å². The van der Waals surface area contributed by atoms with Crippen LogP contribution in [-0.4, -0.2) is 99.2 Å².